The lowest BCUT2D eigenvalue weighted by Gasteiger charge is -2.25. The van der Waals surface area contributed by atoms with Crippen molar-refractivity contribution in [3.8, 4) is 22.6 Å². The van der Waals surface area contributed by atoms with Gasteiger partial charge in [0.2, 0.25) is 11.2 Å². The van der Waals surface area contributed by atoms with Gasteiger partial charge in [0.15, 0.2) is 0 Å². The molecule has 13 nitrogen and oxygen atoms in total. The summed E-state index contributed by atoms with van der Waals surface area (Å²) in [5.74, 6) is -1.06. The lowest BCUT2D eigenvalue weighted by molar-refractivity contribution is -0.155. The summed E-state index contributed by atoms with van der Waals surface area (Å²) in [6, 6.07) is 25.6. The van der Waals surface area contributed by atoms with Gasteiger partial charge in [-0.25, -0.2) is 14.8 Å². The number of nitrogens with one attached hydrogen (secondary N) is 3. The van der Waals surface area contributed by atoms with Gasteiger partial charge in [0, 0.05) is 59.2 Å². The number of nitrogens with zero attached hydrogens (tertiary/aromatic N) is 2. The first kappa shape index (κ1) is 35.4. The molecule has 1 amide bonds. The number of rotatable bonds is 13. The summed E-state index contributed by atoms with van der Waals surface area (Å²) in [5, 5.41) is 48.7. The first-order valence-electron chi connectivity index (χ1n) is 16.2. The number of aromatic nitrogens is 3. The average Bonchev–Trinajstić information content (AvgIpc) is 3.17. The van der Waals surface area contributed by atoms with Gasteiger partial charge in [-0.05, 0) is 47.0 Å². The third-order valence-electron chi connectivity index (χ3n) is 8.70. The molecule has 52 heavy (non-hydrogen) atoms. The fraction of sp³-hybridized carbons (Fsp3) is 0.154. The van der Waals surface area contributed by atoms with E-state index in [2.05, 4.69) is 25.6 Å². The Morgan fingerprint density at radius 1 is 0.885 bits per heavy atom. The second-order valence-corrected chi connectivity index (χ2v) is 12.0. The number of aliphatic hydroxyl groups is 2. The maximum Gasteiger partial charge on any atom is 0.345 e. The van der Waals surface area contributed by atoms with Crippen molar-refractivity contribution < 1.29 is 34.8 Å². The van der Waals surface area contributed by atoms with Crippen molar-refractivity contribution in [1.82, 2.24) is 25.6 Å². The zero-order valence-electron chi connectivity index (χ0n) is 27.9. The summed E-state index contributed by atoms with van der Waals surface area (Å²) in [7, 11) is 1.49. The topological polar surface area (TPSA) is 207 Å². The number of hydrogen-bond acceptors (Lipinski definition) is 10. The van der Waals surface area contributed by atoms with Crippen LogP contribution in [0.3, 0.4) is 0 Å². The number of pyridine rings is 1. The van der Waals surface area contributed by atoms with Crippen molar-refractivity contribution in [2.45, 2.75) is 24.8 Å². The molecule has 0 aliphatic carbocycles. The molecule has 0 aliphatic rings. The van der Waals surface area contributed by atoms with Gasteiger partial charge in [-0.2, -0.15) is 0 Å². The molecular weight excluding hydrogens is 666 g/mol. The Bertz CT molecular complexity index is 2300. The Kier molecular flexibility index (Phi) is 10.4. The van der Waals surface area contributed by atoms with Gasteiger partial charge < -0.3 is 40.8 Å². The first-order valence-corrected chi connectivity index (χ1v) is 16.2. The molecule has 0 spiro atoms. The molecule has 0 radical (unpaired) electrons. The van der Waals surface area contributed by atoms with E-state index >= 15 is 0 Å². The smallest absolute Gasteiger partial charge is 0.345 e. The number of benzene rings is 4. The second-order valence-electron chi connectivity index (χ2n) is 12.0. The molecule has 6 rings (SSSR count). The van der Waals surface area contributed by atoms with Crippen molar-refractivity contribution >= 4 is 22.8 Å². The van der Waals surface area contributed by atoms with Crippen LogP contribution in [0.25, 0.3) is 22.0 Å². The Labute approximate surface area is 297 Å². The number of aromatic hydroxyl groups is 1. The van der Waals surface area contributed by atoms with Gasteiger partial charge in [-0.15, -0.1) is 0 Å². The summed E-state index contributed by atoms with van der Waals surface area (Å²) < 4.78 is 5.53. The Hall–Kier alpha value is -6.41. The van der Waals surface area contributed by atoms with E-state index in [1.54, 1.807) is 97.3 Å². The van der Waals surface area contributed by atoms with Crippen LogP contribution in [-0.4, -0.2) is 60.9 Å². The van der Waals surface area contributed by atoms with Crippen molar-refractivity contribution in [3.63, 3.8) is 0 Å². The van der Waals surface area contributed by atoms with Gasteiger partial charge in [0.05, 0.1) is 25.3 Å². The second kappa shape index (κ2) is 15.2. The normalized spacial score (nSPS) is 12.9. The number of phenols is 1. The highest BCUT2D eigenvalue weighted by Gasteiger charge is 2.40. The number of phenolic OH excluding ortho intramolecular Hbond substituents is 1. The van der Waals surface area contributed by atoms with E-state index in [0.717, 1.165) is 5.56 Å². The van der Waals surface area contributed by atoms with Crippen LogP contribution in [0, 0.1) is 0 Å². The van der Waals surface area contributed by atoms with Crippen LogP contribution in [-0.2, 0) is 23.5 Å². The zero-order chi connectivity index (χ0) is 36.8. The molecule has 0 aliphatic heterocycles. The number of carbonyl (C=O) groups is 2. The van der Waals surface area contributed by atoms with Crippen LogP contribution in [0.2, 0.25) is 0 Å². The number of carboxylic acids is 1. The van der Waals surface area contributed by atoms with Crippen LogP contribution >= 0.6 is 0 Å². The minimum atomic E-state index is -2.25. The van der Waals surface area contributed by atoms with Crippen LogP contribution < -0.4 is 20.9 Å². The molecule has 0 unspecified atom stereocenters. The average molecular weight is 702 g/mol. The third kappa shape index (κ3) is 7.37. The predicted octanol–water partition coefficient (Wildman–Crippen LogP) is 3.77. The number of aliphatic hydroxyl groups excluding tert-OH is 1. The zero-order valence-corrected chi connectivity index (χ0v) is 27.9. The molecule has 2 atom stereocenters. The number of carbonyl (C=O) groups excluding carboxylic acids is 1. The van der Waals surface area contributed by atoms with Crippen molar-refractivity contribution in [2.75, 3.05) is 13.7 Å². The molecule has 2 heterocycles. The monoisotopic (exact) mass is 701 g/mol. The highest BCUT2D eigenvalue weighted by atomic mass is 16.5. The Balaban J connectivity index is 1.06. The van der Waals surface area contributed by atoms with E-state index in [1.807, 2.05) is 0 Å². The maximum atomic E-state index is 13.0. The van der Waals surface area contributed by atoms with Crippen molar-refractivity contribution in [3.05, 3.63) is 153 Å². The van der Waals surface area contributed by atoms with E-state index < -0.39 is 17.7 Å². The molecule has 0 saturated heterocycles. The standard InChI is InChI=1S/C39H35N5O8/c1-52-33-17-24(10-11-25(33)18-40-21-32(46)29-12-14-31(45)36-30(29)13-15-35(47)44-36)37(48)43-22-34-41-19-26(20-42-34)23-6-5-9-28(16-23)39(51,38(49)50)27-7-3-2-4-8-27/h2-17,19-20,32,40,45-46,51H,18,21-22H2,1H3,(H,43,48)(H,44,47)(H,49,50)/t32-,39-/m0/s1. The van der Waals surface area contributed by atoms with Crippen molar-refractivity contribution in [2.24, 2.45) is 0 Å². The summed E-state index contributed by atoms with van der Waals surface area (Å²) in [5.41, 5.74) is 0.870. The third-order valence-corrected chi connectivity index (χ3v) is 8.70. The highest BCUT2D eigenvalue weighted by Crippen LogP contribution is 2.33. The summed E-state index contributed by atoms with van der Waals surface area (Å²) in [4.78, 5) is 48.3. The van der Waals surface area contributed by atoms with E-state index in [4.69, 9.17) is 4.74 Å². The highest BCUT2D eigenvalue weighted by molar-refractivity contribution is 5.94. The molecule has 0 saturated carbocycles. The number of methoxy groups -OCH3 is 1. The molecule has 7 N–H and O–H groups in total. The number of H-pyrrole nitrogens is 1. The lowest BCUT2D eigenvalue weighted by atomic mass is 9.85. The molecule has 2 aromatic heterocycles. The van der Waals surface area contributed by atoms with Crippen LogP contribution in [0.5, 0.6) is 11.5 Å². The minimum Gasteiger partial charge on any atom is -0.506 e. The van der Waals surface area contributed by atoms with Gasteiger partial charge in [-0.1, -0.05) is 60.7 Å². The maximum absolute atomic E-state index is 13.0. The van der Waals surface area contributed by atoms with Crippen LogP contribution in [0.1, 0.15) is 44.5 Å². The number of amides is 1. The molecule has 13 heteroatoms. The van der Waals surface area contributed by atoms with E-state index in [0.29, 0.717) is 45.8 Å². The van der Waals surface area contributed by atoms with Gasteiger partial charge in [0.1, 0.15) is 17.3 Å². The number of carboxylic acid groups (broad SMARTS) is 1. The summed E-state index contributed by atoms with van der Waals surface area (Å²) in [6.07, 6.45) is 2.17. The number of hydrogen-bond donors (Lipinski definition) is 7. The Morgan fingerprint density at radius 2 is 1.63 bits per heavy atom. The van der Waals surface area contributed by atoms with E-state index in [9.17, 15) is 34.8 Å². The first-order chi connectivity index (χ1) is 25.1. The van der Waals surface area contributed by atoms with Gasteiger partial charge in [-0.3, -0.25) is 9.59 Å². The summed E-state index contributed by atoms with van der Waals surface area (Å²) in [6.45, 7) is 0.516. The molecular formula is C39H35N5O8. The van der Waals surface area contributed by atoms with Crippen molar-refractivity contribution in [1.29, 1.82) is 0 Å². The molecule has 6 aromatic rings. The minimum absolute atomic E-state index is 0.0370. The number of ether oxygens (including phenoxy) is 1. The molecule has 4 aromatic carbocycles. The Morgan fingerprint density at radius 3 is 2.37 bits per heavy atom. The number of fused-ring (bicyclic) bond motifs is 1. The summed E-state index contributed by atoms with van der Waals surface area (Å²) >= 11 is 0. The quantitative estimate of drug-likeness (QED) is 0.0923. The van der Waals surface area contributed by atoms with Crippen LogP contribution in [0.15, 0.2) is 114 Å². The van der Waals surface area contributed by atoms with E-state index in [1.165, 1.54) is 19.2 Å². The molecule has 0 fully saturated rings. The fourth-order valence-electron chi connectivity index (χ4n) is 5.91. The number of aromatic amines is 1. The van der Waals surface area contributed by atoms with E-state index in [-0.39, 0.29) is 46.9 Å². The fourth-order valence-corrected chi connectivity index (χ4v) is 5.91. The number of aliphatic carboxylic acids is 1. The predicted molar refractivity (Wildman–Crippen MR) is 192 cm³/mol. The molecule has 264 valence electrons. The largest absolute Gasteiger partial charge is 0.506 e. The van der Waals surface area contributed by atoms with Gasteiger partial charge >= 0.3 is 5.97 Å². The van der Waals surface area contributed by atoms with Crippen LogP contribution in [0.4, 0.5) is 0 Å². The lowest BCUT2D eigenvalue weighted by Crippen LogP contribution is -2.36. The van der Waals surface area contributed by atoms with Gasteiger partial charge in [0.25, 0.3) is 5.91 Å². The molecule has 0 bridgehead atoms. The SMILES string of the molecule is COc1cc(C(=O)NCc2ncc(-c3cccc([C@](O)(C(=O)O)c4ccccc4)c3)cn2)ccc1CNC[C@H](O)c1ccc(O)c2[nH]c(=O)ccc12.